The topological polar surface area (TPSA) is 35.0 Å². The Kier molecular flexibility index (Phi) is 4.00. The number of ether oxygens (including phenoxy) is 1. The molecule has 20 heavy (non-hydrogen) atoms. The summed E-state index contributed by atoms with van der Waals surface area (Å²) in [6.45, 7) is 10.4. The Balaban J connectivity index is 2.48. The quantitative estimate of drug-likeness (QED) is 0.743. The van der Waals surface area contributed by atoms with Crippen molar-refractivity contribution in [1.82, 2.24) is 9.97 Å². The van der Waals surface area contributed by atoms with Crippen molar-refractivity contribution in [3.63, 3.8) is 0 Å². The van der Waals surface area contributed by atoms with Crippen LogP contribution in [-0.4, -0.2) is 9.97 Å². The summed E-state index contributed by atoms with van der Waals surface area (Å²) in [6, 6.07) is 6.21. The maximum atomic E-state index is 6.01. The Hall–Kier alpha value is -1.61. The first-order valence-electron chi connectivity index (χ1n) is 6.55. The Morgan fingerprint density at radius 3 is 2.45 bits per heavy atom. The normalized spacial score (nSPS) is 11.5. The first-order chi connectivity index (χ1) is 9.29. The van der Waals surface area contributed by atoms with Crippen molar-refractivity contribution in [2.24, 2.45) is 0 Å². The molecule has 0 N–H and O–H groups in total. The molecular formula is C16H19ClN2O. The van der Waals surface area contributed by atoms with E-state index in [9.17, 15) is 0 Å². The second-order valence-electron chi connectivity index (χ2n) is 5.95. The highest BCUT2D eigenvalue weighted by atomic mass is 35.5. The average Bonchev–Trinajstić information content (AvgIpc) is 2.33. The molecule has 0 aliphatic rings. The minimum absolute atomic E-state index is 0.00619. The average molecular weight is 291 g/mol. The summed E-state index contributed by atoms with van der Waals surface area (Å²) in [5, 5.41) is 0.417. The highest BCUT2D eigenvalue weighted by Gasteiger charge is 2.20. The van der Waals surface area contributed by atoms with Crippen LogP contribution in [0.1, 0.15) is 37.5 Å². The van der Waals surface area contributed by atoms with E-state index >= 15 is 0 Å². The monoisotopic (exact) mass is 290 g/mol. The van der Waals surface area contributed by atoms with E-state index in [1.807, 2.05) is 19.9 Å². The molecule has 0 spiro atoms. The van der Waals surface area contributed by atoms with E-state index in [2.05, 4.69) is 42.9 Å². The van der Waals surface area contributed by atoms with Gasteiger partial charge in [-0.3, -0.25) is 0 Å². The molecule has 1 aromatic heterocycles. The molecule has 0 atom stereocenters. The zero-order chi connectivity index (χ0) is 14.9. The molecule has 1 heterocycles. The van der Waals surface area contributed by atoms with Crippen LogP contribution in [-0.2, 0) is 5.41 Å². The van der Waals surface area contributed by atoms with E-state index in [-0.39, 0.29) is 5.41 Å². The van der Waals surface area contributed by atoms with Crippen LogP contribution in [0.2, 0.25) is 5.15 Å². The fraction of sp³-hybridized carbons (Fsp3) is 0.375. The molecule has 2 aromatic rings. The van der Waals surface area contributed by atoms with Crippen LogP contribution in [0.5, 0.6) is 11.6 Å². The van der Waals surface area contributed by atoms with Gasteiger partial charge in [0.1, 0.15) is 17.2 Å². The minimum atomic E-state index is -0.00619. The van der Waals surface area contributed by atoms with Gasteiger partial charge in [-0.15, -0.1) is 0 Å². The summed E-state index contributed by atoms with van der Waals surface area (Å²) in [5.74, 6) is 1.32. The number of rotatable bonds is 2. The van der Waals surface area contributed by atoms with Gasteiger partial charge in [0.05, 0.1) is 0 Å². The maximum Gasteiger partial charge on any atom is 0.226 e. The van der Waals surface area contributed by atoms with E-state index in [0.29, 0.717) is 11.0 Å². The van der Waals surface area contributed by atoms with Crippen LogP contribution in [0.15, 0.2) is 24.5 Å². The van der Waals surface area contributed by atoms with E-state index in [1.165, 1.54) is 6.33 Å². The molecule has 0 unspecified atom stereocenters. The molecule has 0 radical (unpaired) electrons. The number of aromatic nitrogens is 2. The third kappa shape index (κ3) is 3.10. The van der Waals surface area contributed by atoms with E-state index < -0.39 is 0 Å². The third-order valence-corrected chi connectivity index (χ3v) is 3.51. The third-order valence-electron chi connectivity index (χ3n) is 3.13. The van der Waals surface area contributed by atoms with Crippen LogP contribution < -0.4 is 4.74 Å². The van der Waals surface area contributed by atoms with Crippen molar-refractivity contribution in [2.45, 2.75) is 40.0 Å². The first kappa shape index (κ1) is 14.8. The lowest BCUT2D eigenvalue weighted by molar-refractivity contribution is 0.435. The molecule has 3 nitrogen and oxygen atoms in total. The van der Waals surface area contributed by atoms with E-state index in [0.717, 1.165) is 22.4 Å². The lowest BCUT2D eigenvalue weighted by Crippen LogP contribution is -2.13. The number of aryl methyl sites for hydroxylation is 1. The molecular weight excluding hydrogens is 272 g/mol. The number of halogens is 1. The Morgan fingerprint density at radius 2 is 1.80 bits per heavy atom. The second-order valence-corrected chi connectivity index (χ2v) is 6.30. The van der Waals surface area contributed by atoms with Gasteiger partial charge in [0, 0.05) is 11.1 Å². The summed E-state index contributed by atoms with van der Waals surface area (Å²) in [4.78, 5) is 8.11. The van der Waals surface area contributed by atoms with Gasteiger partial charge in [-0.05, 0) is 30.9 Å². The predicted molar refractivity (Wildman–Crippen MR) is 81.7 cm³/mol. The van der Waals surface area contributed by atoms with Crippen LogP contribution >= 0.6 is 11.6 Å². The molecule has 0 aliphatic carbocycles. The second kappa shape index (κ2) is 5.41. The van der Waals surface area contributed by atoms with Crippen LogP contribution in [0, 0.1) is 13.8 Å². The number of nitrogens with zero attached hydrogens (tertiary/aromatic N) is 2. The van der Waals surface area contributed by atoms with Crippen molar-refractivity contribution >= 4 is 11.6 Å². The minimum Gasteiger partial charge on any atom is -0.438 e. The van der Waals surface area contributed by atoms with Crippen molar-refractivity contribution in [3.05, 3.63) is 46.4 Å². The van der Waals surface area contributed by atoms with Gasteiger partial charge in [0.2, 0.25) is 5.88 Å². The molecule has 0 fully saturated rings. The zero-order valence-electron chi connectivity index (χ0n) is 12.5. The van der Waals surface area contributed by atoms with E-state index in [4.69, 9.17) is 16.3 Å². The maximum absolute atomic E-state index is 6.01. The molecule has 4 heteroatoms. The van der Waals surface area contributed by atoms with Crippen LogP contribution in [0.4, 0.5) is 0 Å². The highest BCUT2D eigenvalue weighted by Crippen LogP contribution is 2.35. The first-order valence-corrected chi connectivity index (χ1v) is 6.93. The molecule has 2 rings (SSSR count). The number of hydrogen-bond acceptors (Lipinski definition) is 3. The largest absolute Gasteiger partial charge is 0.438 e. The van der Waals surface area contributed by atoms with Crippen molar-refractivity contribution in [2.75, 3.05) is 0 Å². The molecule has 0 bridgehead atoms. The van der Waals surface area contributed by atoms with Crippen molar-refractivity contribution in [3.8, 4) is 11.6 Å². The standard InChI is InChI=1S/C16H19ClN2O/c1-10-6-7-12(16(3,4)5)13(8-10)20-15-11(2)14(17)18-9-19-15/h6-9H,1-5H3. The van der Waals surface area contributed by atoms with Gasteiger partial charge in [-0.2, -0.15) is 0 Å². The summed E-state index contributed by atoms with van der Waals surface area (Å²) in [6.07, 6.45) is 1.41. The Bertz CT molecular complexity index is 633. The summed E-state index contributed by atoms with van der Waals surface area (Å²) >= 11 is 6.01. The lowest BCUT2D eigenvalue weighted by atomic mass is 9.86. The van der Waals surface area contributed by atoms with Gasteiger partial charge in [-0.25, -0.2) is 9.97 Å². The SMILES string of the molecule is Cc1ccc(C(C)(C)C)c(Oc2ncnc(Cl)c2C)c1. The van der Waals surface area contributed by atoms with Gasteiger partial charge in [0.25, 0.3) is 0 Å². The molecule has 0 aliphatic heterocycles. The van der Waals surface area contributed by atoms with Crippen molar-refractivity contribution in [1.29, 1.82) is 0 Å². The fourth-order valence-corrected chi connectivity index (χ4v) is 2.08. The van der Waals surface area contributed by atoms with Crippen molar-refractivity contribution < 1.29 is 4.74 Å². The van der Waals surface area contributed by atoms with Gasteiger partial charge in [0.15, 0.2) is 0 Å². The van der Waals surface area contributed by atoms with Crippen LogP contribution in [0.25, 0.3) is 0 Å². The van der Waals surface area contributed by atoms with Gasteiger partial charge in [-0.1, -0.05) is 44.5 Å². The summed E-state index contributed by atoms with van der Waals surface area (Å²) < 4.78 is 5.99. The summed E-state index contributed by atoms with van der Waals surface area (Å²) in [5.41, 5.74) is 3.02. The molecule has 0 amide bonds. The molecule has 0 saturated carbocycles. The predicted octanol–water partition coefficient (Wildman–Crippen LogP) is 4.84. The number of benzene rings is 1. The fourth-order valence-electron chi connectivity index (χ4n) is 1.95. The number of hydrogen-bond donors (Lipinski definition) is 0. The zero-order valence-corrected chi connectivity index (χ0v) is 13.2. The van der Waals surface area contributed by atoms with Gasteiger partial charge >= 0.3 is 0 Å². The Labute approximate surface area is 125 Å². The molecule has 0 saturated heterocycles. The smallest absolute Gasteiger partial charge is 0.226 e. The molecule has 1 aromatic carbocycles. The lowest BCUT2D eigenvalue weighted by Gasteiger charge is -2.23. The van der Waals surface area contributed by atoms with Gasteiger partial charge < -0.3 is 4.74 Å². The highest BCUT2D eigenvalue weighted by molar-refractivity contribution is 6.30. The van der Waals surface area contributed by atoms with E-state index in [1.54, 1.807) is 0 Å². The molecule has 106 valence electrons. The van der Waals surface area contributed by atoms with Crippen LogP contribution in [0.3, 0.4) is 0 Å². The summed E-state index contributed by atoms with van der Waals surface area (Å²) in [7, 11) is 0. The Morgan fingerprint density at radius 1 is 1.10 bits per heavy atom.